The molecule has 0 aliphatic heterocycles. The molecule has 0 spiro atoms. The number of hydrogen-bond acceptors (Lipinski definition) is 5. The molecule has 344 valence electrons. The lowest BCUT2D eigenvalue weighted by molar-refractivity contribution is -0.198. The third-order valence-electron chi connectivity index (χ3n) is 12.5. The van der Waals surface area contributed by atoms with Crippen molar-refractivity contribution in [2.45, 2.75) is 315 Å². The van der Waals surface area contributed by atoms with Crippen molar-refractivity contribution in [2.24, 2.45) is 5.92 Å². The van der Waals surface area contributed by atoms with Crippen molar-refractivity contribution < 1.29 is 23.9 Å². The standard InChI is InChI=1S/C53H102O5/c1-4-7-10-13-16-19-22-25-28-31-34-37-40-43-50(47-54)46-53(57-51(48-55)44-41-38-35-32-29-26-23-20-17-14-11-8-5-2)58-52(49-56)45-42-39-36-33-30-27-24-21-18-15-12-9-6-3/h47-53H,4-46H2,1-3H3. The van der Waals surface area contributed by atoms with Gasteiger partial charge < -0.3 is 23.9 Å². The van der Waals surface area contributed by atoms with E-state index in [1.54, 1.807) is 0 Å². The Morgan fingerprint density at radius 3 is 0.741 bits per heavy atom. The molecule has 0 radical (unpaired) electrons. The number of ether oxygens (including phenoxy) is 2. The van der Waals surface area contributed by atoms with Crippen molar-refractivity contribution in [3.63, 3.8) is 0 Å². The lowest BCUT2D eigenvalue weighted by atomic mass is 9.97. The highest BCUT2D eigenvalue weighted by Crippen LogP contribution is 2.23. The van der Waals surface area contributed by atoms with Crippen molar-refractivity contribution >= 4 is 18.9 Å². The number of hydrogen-bond donors (Lipinski definition) is 0. The van der Waals surface area contributed by atoms with Crippen LogP contribution < -0.4 is 0 Å². The van der Waals surface area contributed by atoms with E-state index in [-0.39, 0.29) is 5.92 Å². The van der Waals surface area contributed by atoms with Gasteiger partial charge in [-0.05, 0) is 19.3 Å². The smallest absolute Gasteiger partial charge is 0.160 e. The molecule has 5 nitrogen and oxygen atoms in total. The second-order valence-electron chi connectivity index (χ2n) is 18.3. The average Bonchev–Trinajstić information content (AvgIpc) is 3.24. The highest BCUT2D eigenvalue weighted by atomic mass is 16.7. The fourth-order valence-electron chi connectivity index (χ4n) is 8.51. The van der Waals surface area contributed by atoms with Crippen molar-refractivity contribution in [2.75, 3.05) is 0 Å². The summed E-state index contributed by atoms with van der Waals surface area (Å²) in [5.41, 5.74) is 0. The summed E-state index contributed by atoms with van der Waals surface area (Å²) in [6, 6.07) is 0. The summed E-state index contributed by atoms with van der Waals surface area (Å²) in [6.07, 6.45) is 53.9. The first-order valence-electron chi connectivity index (χ1n) is 26.3. The highest BCUT2D eigenvalue weighted by molar-refractivity contribution is 5.57. The van der Waals surface area contributed by atoms with Gasteiger partial charge in [0.2, 0.25) is 0 Å². The summed E-state index contributed by atoms with van der Waals surface area (Å²) in [4.78, 5) is 36.7. The van der Waals surface area contributed by atoms with E-state index in [1.165, 1.54) is 212 Å². The zero-order valence-corrected chi connectivity index (χ0v) is 39.5. The quantitative estimate of drug-likeness (QED) is 0.0347. The molecule has 5 heteroatoms. The van der Waals surface area contributed by atoms with Crippen molar-refractivity contribution in [1.82, 2.24) is 0 Å². The molecule has 0 saturated carbocycles. The number of carbonyl (C=O) groups is 3. The molecule has 3 atom stereocenters. The number of unbranched alkanes of at least 4 members (excludes halogenated alkanes) is 36. The molecule has 0 aromatic heterocycles. The first kappa shape index (κ1) is 56.9. The fraction of sp³-hybridized carbons (Fsp3) is 0.943. The maximum absolute atomic E-state index is 12.3. The second kappa shape index (κ2) is 48.6. The molecule has 0 amide bonds. The molecule has 0 aliphatic carbocycles. The zero-order valence-electron chi connectivity index (χ0n) is 39.5. The summed E-state index contributed by atoms with van der Waals surface area (Å²) in [5.74, 6) is -0.190. The molecule has 58 heavy (non-hydrogen) atoms. The molecule has 0 aromatic rings. The minimum Gasteiger partial charge on any atom is -0.342 e. The topological polar surface area (TPSA) is 69.7 Å². The van der Waals surface area contributed by atoms with Crippen LogP contribution in [0.2, 0.25) is 0 Å². The van der Waals surface area contributed by atoms with Gasteiger partial charge in [0.05, 0.1) is 0 Å². The maximum Gasteiger partial charge on any atom is 0.160 e. The van der Waals surface area contributed by atoms with Gasteiger partial charge in [0.25, 0.3) is 0 Å². The van der Waals surface area contributed by atoms with Crippen LogP contribution in [-0.4, -0.2) is 37.4 Å². The van der Waals surface area contributed by atoms with E-state index < -0.39 is 18.5 Å². The monoisotopic (exact) mass is 819 g/mol. The Balaban J connectivity index is 4.68. The molecule has 0 aliphatic rings. The average molecular weight is 819 g/mol. The minimum atomic E-state index is -0.716. The first-order valence-corrected chi connectivity index (χ1v) is 26.3. The summed E-state index contributed by atoms with van der Waals surface area (Å²) in [6.45, 7) is 6.82. The molecule has 0 saturated heterocycles. The van der Waals surface area contributed by atoms with E-state index >= 15 is 0 Å². The van der Waals surface area contributed by atoms with Crippen molar-refractivity contribution in [1.29, 1.82) is 0 Å². The van der Waals surface area contributed by atoms with Gasteiger partial charge in [0, 0.05) is 12.3 Å². The van der Waals surface area contributed by atoms with Crippen LogP contribution in [0.25, 0.3) is 0 Å². The molecule has 0 bridgehead atoms. The van der Waals surface area contributed by atoms with Gasteiger partial charge in [-0.25, -0.2) is 0 Å². The molecule has 0 aromatic carbocycles. The van der Waals surface area contributed by atoms with E-state index in [9.17, 15) is 14.4 Å². The maximum atomic E-state index is 12.3. The Bertz CT molecular complexity index is 712. The summed E-state index contributed by atoms with van der Waals surface area (Å²) in [7, 11) is 0. The Labute approximate surface area is 362 Å². The minimum absolute atomic E-state index is 0.190. The molecule has 0 fully saturated rings. The summed E-state index contributed by atoms with van der Waals surface area (Å²) >= 11 is 0. The van der Waals surface area contributed by atoms with Crippen LogP contribution in [0, 0.1) is 5.92 Å². The molecule has 0 N–H and O–H groups in total. The van der Waals surface area contributed by atoms with Gasteiger partial charge in [0.1, 0.15) is 31.1 Å². The fourth-order valence-corrected chi connectivity index (χ4v) is 8.51. The predicted octanol–water partition coefficient (Wildman–Crippen LogP) is 17.1. The lowest BCUT2D eigenvalue weighted by Gasteiger charge is -2.27. The Kier molecular flexibility index (Phi) is 47.7. The third-order valence-corrected chi connectivity index (χ3v) is 12.5. The van der Waals surface area contributed by atoms with E-state index in [2.05, 4.69) is 20.8 Å². The van der Waals surface area contributed by atoms with Crippen LogP contribution in [0.4, 0.5) is 0 Å². The van der Waals surface area contributed by atoms with Gasteiger partial charge in [0.15, 0.2) is 6.29 Å². The highest BCUT2D eigenvalue weighted by Gasteiger charge is 2.24. The summed E-state index contributed by atoms with van der Waals surface area (Å²) in [5, 5.41) is 0. The van der Waals surface area contributed by atoms with Crippen molar-refractivity contribution in [3.05, 3.63) is 0 Å². The van der Waals surface area contributed by atoms with Crippen LogP contribution in [0.3, 0.4) is 0 Å². The number of rotatable bonds is 51. The second-order valence-corrected chi connectivity index (χ2v) is 18.3. The molecular formula is C53H102O5. The predicted molar refractivity (Wildman–Crippen MR) is 251 cm³/mol. The van der Waals surface area contributed by atoms with Crippen LogP contribution in [0.15, 0.2) is 0 Å². The van der Waals surface area contributed by atoms with Crippen LogP contribution in [0.5, 0.6) is 0 Å². The normalized spacial score (nSPS) is 13.7. The third kappa shape index (κ3) is 41.7. The largest absolute Gasteiger partial charge is 0.342 e. The molecular weight excluding hydrogens is 717 g/mol. The Morgan fingerprint density at radius 2 is 0.517 bits per heavy atom. The Hall–Kier alpha value is -1.07. The van der Waals surface area contributed by atoms with Crippen LogP contribution in [-0.2, 0) is 23.9 Å². The molecule has 0 rings (SSSR count). The van der Waals surface area contributed by atoms with E-state index in [0.29, 0.717) is 19.3 Å². The zero-order chi connectivity index (χ0) is 42.3. The lowest BCUT2D eigenvalue weighted by Crippen LogP contribution is -2.32. The van der Waals surface area contributed by atoms with E-state index in [1.807, 2.05) is 0 Å². The van der Waals surface area contributed by atoms with Crippen LogP contribution in [0.1, 0.15) is 297 Å². The number of carbonyl (C=O) groups excluding carboxylic acids is 3. The van der Waals surface area contributed by atoms with Crippen LogP contribution >= 0.6 is 0 Å². The molecule has 0 heterocycles. The Morgan fingerprint density at radius 1 is 0.293 bits per heavy atom. The van der Waals surface area contributed by atoms with Crippen molar-refractivity contribution in [3.8, 4) is 0 Å². The van der Waals surface area contributed by atoms with Gasteiger partial charge in [-0.15, -0.1) is 0 Å². The van der Waals surface area contributed by atoms with E-state index in [4.69, 9.17) is 9.47 Å². The first-order chi connectivity index (χ1) is 28.6. The van der Waals surface area contributed by atoms with E-state index in [0.717, 1.165) is 63.8 Å². The van der Waals surface area contributed by atoms with Gasteiger partial charge in [-0.3, -0.25) is 0 Å². The summed E-state index contributed by atoms with van der Waals surface area (Å²) < 4.78 is 12.6. The van der Waals surface area contributed by atoms with Gasteiger partial charge >= 0.3 is 0 Å². The molecule has 3 unspecified atom stereocenters. The van der Waals surface area contributed by atoms with Gasteiger partial charge in [-0.1, -0.05) is 271 Å². The number of aldehydes is 3. The SMILES string of the molecule is CCCCCCCCCCCCCCCC(C=O)CC(OC(C=O)CCCCCCCCCCCCCCC)OC(C=O)CCCCCCCCCCCCCCC. The van der Waals surface area contributed by atoms with Gasteiger partial charge in [-0.2, -0.15) is 0 Å².